The molecular formula is C11H18N2O2. The summed E-state index contributed by atoms with van der Waals surface area (Å²) >= 11 is 0. The van der Waals surface area contributed by atoms with Crippen LogP contribution < -0.4 is 5.32 Å². The molecule has 4 heteroatoms. The van der Waals surface area contributed by atoms with Crippen molar-refractivity contribution in [1.82, 2.24) is 10.2 Å². The summed E-state index contributed by atoms with van der Waals surface area (Å²) in [4.78, 5) is 24.9. The van der Waals surface area contributed by atoms with Gasteiger partial charge in [-0.1, -0.05) is 19.4 Å². The van der Waals surface area contributed by atoms with E-state index in [1.54, 1.807) is 11.0 Å². The van der Waals surface area contributed by atoms with Crippen LogP contribution in [0.4, 0.5) is 0 Å². The summed E-state index contributed by atoms with van der Waals surface area (Å²) < 4.78 is 0. The van der Waals surface area contributed by atoms with Gasteiger partial charge in [-0.05, 0) is 13.3 Å². The van der Waals surface area contributed by atoms with Crippen LogP contribution in [0, 0.1) is 0 Å². The minimum absolute atomic E-state index is 0.00356. The zero-order chi connectivity index (χ0) is 11.4. The summed E-state index contributed by atoms with van der Waals surface area (Å²) in [6.45, 7) is 7.65. The second-order valence-electron chi connectivity index (χ2n) is 3.85. The first-order valence-corrected chi connectivity index (χ1v) is 5.32. The standard InChI is InChI=1S/C11H18N2O2/c1-4-6-9-11(15)13(8(3)5-2)7-10(14)12-9/h5,8-9H,2,4,6-7H2,1,3H3,(H,12,14). The van der Waals surface area contributed by atoms with Gasteiger partial charge in [-0.15, -0.1) is 6.58 Å². The lowest BCUT2D eigenvalue weighted by Gasteiger charge is -2.35. The highest BCUT2D eigenvalue weighted by molar-refractivity contribution is 5.95. The van der Waals surface area contributed by atoms with E-state index < -0.39 is 0 Å². The third-order valence-electron chi connectivity index (χ3n) is 2.64. The van der Waals surface area contributed by atoms with Gasteiger partial charge in [-0.2, -0.15) is 0 Å². The van der Waals surface area contributed by atoms with Crippen LogP contribution in [0.2, 0.25) is 0 Å². The van der Waals surface area contributed by atoms with Crippen molar-refractivity contribution in [2.75, 3.05) is 6.54 Å². The number of carbonyl (C=O) groups excluding carboxylic acids is 2. The number of hydrogen-bond acceptors (Lipinski definition) is 2. The van der Waals surface area contributed by atoms with Crippen molar-refractivity contribution in [3.8, 4) is 0 Å². The van der Waals surface area contributed by atoms with Crippen LogP contribution in [0.25, 0.3) is 0 Å². The second kappa shape index (κ2) is 4.96. The highest BCUT2D eigenvalue weighted by Gasteiger charge is 2.33. The van der Waals surface area contributed by atoms with Gasteiger partial charge in [0.05, 0.1) is 0 Å². The first-order chi connectivity index (χ1) is 7.10. The van der Waals surface area contributed by atoms with E-state index in [9.17, 15) is 9.59 Å². The van der Waals surface area contributed by atoms with E-state index in [4.69, 9.17) is 0 Å². The minimum atomic E-state index is -0.348. The van der Waals surface area contributed by atoms with E-state index in [0.717, 1.165) is 6.42 Å². The predicted octanol–water partition coefficient (Wildman–Crippen LogP) is 0.688. The average molecular weight is 210 g/mol. The highest BCUT2D eigenvalue weighted by Crippen LogP contribution is 2.11. The van der Waals surface area contributed by atoms with Crippen LogP contribution in [0.15, 0.2) is 12.7 Å². The van der Waals surface area contributed by atoms with E-state index in [0.29, 0.717) is 6.42 Å². The van der Waals surface area contributed by atoms with Crippen LogP contribution in [-0.2, 0) is 9.59 Å². The maximum Gasteiger partial charge on any atom is 0.246 e. The number of nitrogens with one attached hydrogen (secondary N) is 1. The number of hydrogen-bond donors (Lipinski definition) is 1. The first kappa shape index (κ1) is 11.8. The van der Waals surface area contributed by atoms with Crippen LogP contribution >= 0.6 is 0 Å². The molecule has 84 valence electrons. The monoisotopic (exact) mass is 210 g/mol. The normalized spacial score (nSPS) is 23.6. The smallest absolute Gasteiger partial charge is 0.246 e. The van der Waals surface area contributed by atoms with Gasteiger partial charge < -0.3 is 10.2 Å². The highest BCUT2D eigenvalue weighted by atomic mass is 16.2. The van der Waals surface area contributed by atoms with Gasteiger partial charge in [0.15, 0.2) is 0 Å². The van der Waals surface area contributed by atoms with Crippen molar-refractivity contribution in [2.45, 2.75) is 38.8 Å². The number of piperazine rings is 1. The lowest BCUT2D eigenvalue weighted by Crippen LogP contribution is -2.59. The molecule has 2 amide bonds. The van der Waals surface area contributed by atoms with E-state index >= 15 is 0 Å². The fraction of sp³-hybridized carbons (Fsp3) is 0.636. The summed E-state index contributed by atoms with van der Waals surface area (Å²) in [5.74, 6) is -0.0781. The van der Waals surface area contributed by atoms with Crippen molar-refractivity contribution in [3.63, 3.8) is 0 Å². The second-order valence-corrected chi connectivity index (χ2v) is 3.85. The third kappa shape index (κ3) is 2.58. The van der Waals surface area contributed by atoms with Crippen molar-refractivity contribution in [2.24, 2.45) is 0 Å². The van der Waals surface area contributed by atoms with Gasteiger partial charge in [-0.3, -0.25) is 9.59 Å². The Morgan fingerprint density at radius 3 is 2.87 bits per heavy atom. The topological polar surface area (TPSA) is 49.4 Å². The SMILES string of the molecule is C=CC(C)N1CC(=O)NC(CCC)C1=O. The Kier molecular flexibility index (Phi) is 3.88. The fourth-order valence-corrected chi connectivity index (χ4v) is 1.69. The van der Waals surface area contributed by atoms with Crippen molar-refractivity contribution in [1.29, 1.82) is 0 Å². The zero-order valence-electron chi connectivity index (χ0n) is 9.32. The maximum atomic E-state index is 11.9. The quantitative estimate of drug-likeness (QED) is 0.694. The van der Waals surface area contributed by atoms with Crippen LogP contribution in [-0.4, -0.2) is 35.3 Å². The zero-order valence-corrected chi connectivity index (χ0v) is 9.32. The number of amides is 2. The Morgan fingerprint density at radius 2 is 2.33 bits per heavy atom. The summed E-state index contributed by atoms with van der Waals surface area (Å²) in [6, 6.07) is -0.429. The molecule has 0 bridgehead atoms. The van der Waals surface area contributed by atoms with Crippen LogP contribution in [0.1, 0.15) is 26.7 Å². The fourth-order valence-electron chi connectivity index (χ4n) is 1.69. The molecule has 0 aromatic rings. The summed E-state index contributed by atoms with van der Waals surface area (Å²) in [6.07, 6.45) is 3.26. The summed E-state index contributed by atoms with van der Waals surface area (Å²) in [7, 11) is 0. The molecule has 1 N–H and O–H groups in total. The Morgan fingerprint density at radius 1 is 1.67 bits per heavy atom. The predicted molar refractivity (Wildman–Crippen MR) is 58.2 cm³/mol. The van der Waals surface area contributed by atoms with Crippen LogP contribution in [0.5, 0.6) is 0 Å². The minimum Gasteiger partial charge on any atom is -0.343 e. The molecule has 0 aromatic heterocycles. The lowest BCUT2D eigenvalue weighted by atomic mass is 10.1. The molecule has 0 aliphatic carbocycles. The molecule has 1 saturated heterocycles. The van der Waals surface area contributed by atoms with Gasteiger partial charge in [0, 0.05) is 6.04 Å². The molecule has 0 spiro atoms. The van der Waals surface area contributed by atoms with Gasteiger partial charge in [0.25, 0.3) is 0 Å². The van der Waals surface area contributed by atoms with Crippen molar-refractivity contribution in [3.05, 3.63) is 12.7 Å². The lowest BCUT2D eigenvalue weighted by molar-refractivity contribution is -0.145. The molecule has 15 heavy (non-hydrogen) atoms. The molecule has 1 rings (SSSR count). The Balaban J connectivity index is 2.76. The molecular weight excluding hydrogens is 192 g/mol. The summed E-state index contributed by atoms with van der Waals surface area (Å²) in [5.41, 5.74) is 0. The van der Waals surface area contributed by atoms with E-state index in [-0.39, 0.29) is 30.4 Å². The molecule has 0 radical (unpaired) electrons. The third-order valence-corrected chi connectivity index (χ3v) is 2.64. The van der Waals surface area contributed by atoms with E-state index in [1.165, 1.54) is 0 Å². The van der Waals surface area contributed by atoms with E-state index in [2.05, 4.69) is 11.9 Å². The van der Waals surface area contributed by atoms with Crippen molar-refractivity contribution < 1.29 is 9.59 Å². The molecule has 0 aromatic carbocycles. The van der Waals surface area contributed by atoms with Gasteiger partial charge in [-0.25, -0.2) is 0 Å². The van der Waals surface area contributed by atoms with Crippen molar-refractivity contribution >= 4 is 11.8 Å². The number of carbonyl (C=O) groups is 2. The van der Waals surface area contributed by atoms with Gasteiger partial charge in [0.2, 0.25) is 11.8 Å². The molecule has 1 fully saturated rings. The van der Waals surface area contributed by atoms with E-state index in [1.807, 2.05) is 13.8 Å². The number of rotatable bonds is 4. The summed E-state index contributed by atoms with van der Waals surface area (Å²) in [5, 5.41) is 2.71. The molecule has 1 heterocycles. The van der Waals surface area contributed by atoms with Gasteiger partial charge >= 0.3 is 0 Å². The first-order valence-electron chi connectivity index (χ1n) is 5.32. The molecule has 4 nitrogen and oxygen atoms in total. The molecule has 1 aliphatic rings. The average Bonchev–Trinajstić information content (AvgIpc) is 2.22. The molecule has 2 unspecified atom stereocenters. The molecule has 0 saturated carbocycles. The molecule has 1 aliphatic heterocycles. The maximum absolute atomic E-state index is 11.9. The van der Waals surface area contributed by atoms with Crippen LogP contribution in [0.3, 0.4) is 0 Å². The Hall–Kier alpha value is -1.32. The Bertz CT molecular complexity index is 276. The van der Waals surface area contributed by atoms with Gasteiger partial charge in [0.1, 0.15) is 12.6 Å². The largest absolute Gasteiger partial charge is 0.343 e. The molecule has 2 atom stereocenters. The number of nitrogens with zero attached hydrogens (tertiary/aromatic N) is 1. The Labute approximate surface area is 90.3 Å².